The van der Waals surface area contributed by atoms with E-state index in [2.05, 4.69) is 10.6 Å². The lowest BCUT2D eigenvalue weighted by Gasteiger charge is -2.18. The maximum atomic E-state index is 13.1. The summed E-state index contributed by atoms with van der Waals surface area (Å²) in [7, 11) is 0. The van der Waals surface area contributed by atoms with Gasteiger partial charge in [-0.2, -0.15) is 0 Å². The van der Waals surface area contributed by atoms with E-state index >= 15 is 0 Å². The second-order valence-corrected chi connectivity index (χ2v) is 8.18. The standard InChI is InChI=1S/C30H24N2O5/c33-27(22-10-4-1-5-11-22)31-26(29(35)32-28(34)23-12-6-2-7-13-23)20-21-16-18-25(19-17-21)37-30(36)24-14-8-3-9-15-24/h1-19,26H,20H2,(H,31,33)(H,32,34,35). The van der Waals surface area contributed by atoms with Gasteiger partial charge in [0.05, 0.1) is 5.56 Å². The van der Waals surface area contributed by atoms with E-state index in [1.807, 2.05) is 6.07 Å². The van der Waals surface area contributed by atoms with Crippen molar-refractivity contribution >= 4 is 23.7 Å². The number of esters is 1. The highest BCUT2D eigenvalue weighted by atomic mass is 16.5. The van der Waals surface area contributed by atoms with Crippen molar-refractivity contribution in [1.29, 1.82) is 0 Å². The van der Waals surface area contributed by atoms with E-state index in [9.17, 15) is 19.2 Å². The summed E-state index contributed by atoms with van der Waals surface area (Å²) in [5.41, 5.74) is 1.83. The Bertz CT molecular complexity index is 1370. The number of amides is 3. The van der Waals surface area contributed by atoms with Gasteiger partial charge in [0.1, 0.15) is 11.8 Å². The third-order valence-corrected chi connectivity index (χ3v) is 5.51. The Balaban J connectivity index is 1.47. The van der Waals surface area contributed by atoms with Gasteiger partial charge < -0.3 is 10.1 Å². The van der Waals surface area contributed by atoms with Crippen LogP contribution in [0.15, 0.2) is 115 Å². The van der Waals surface area contributed by atoms with Crippen LogP contribution in [0.3, 0.4) is 0 Å². The first-order valence-electron chi connectivity index (χ1n) is 11.6. The molecule has 4 aromatic carbocycles. The average Bonchev–Trinajstić information content (AvgIpc) is 2.95. The highest BCUT2D eigenvalue weighted by Crippen LogP contribution is 2.16. The van der Waals surface area contributed by atoms with Crippen LogP contribution in [0.2, 0.25) is 0 Å². The van der Waals surface area contributed by atoms with Crippen LogP contribution in [-0.2, 0) is 11.2 Å². The minimum Gasteiger partial charge on any atom is -0.423 e. The molecule has 1 atom stereocenters. The Labute approximate surface area is 214 Å². The van der Waals surface area contributed by atoms with Crippen LogP contribution in [0.25, 0.3) is 0 Å². The summed E-state index contributed by atoms with van der Waals surface area (Å²) in [5.74, 6) is -1.79. The van der Waals surface area contributed by atoms with Crippen molar-refractivity contribution in [1.82, 2.24) is 10.6 Å². The number of imide groups is 1. The maximum Gasteiger partial charge on any atom is 0.343 e. The fourth-order valence-corrected chi connectivity index (χ4v) is 3.57. The minimum atomic E-state index is -1.03. The highest BCUT2D eigenvalue weighted by molar-refractivity contribution is 6.07. The van der Waals surface area contributed by atoms with E-state index in [1.54, 1.807) is 109 Å². The summed E-state index contributed by atoms with van der Waals surface area (Å²) in [4.78, 5) is 50.7. The SMILES string of the molecule is O=C(NC(=O)C(Cc1ccc(OC(=O)c2ccccc2)cc1)NC(=O)c1ccccc1)c1ccccc1. The highest BCUT2D eigenvalue weighted by Gasteiger charge is 2.24. The summed E-state index contributed by atoms with van der Waals surface area (Å²) in [6.07, 6.45) is 0.111. The molecule has 0 radical (unpaired) electrons. The quantitative estimate of drug-likeness (QED) is 0.284. The fourth-order valence-electron chi connectivity index (χ4n) is 3.57. The number of ether oxygens (including phenoxy) is 1. The summed E-state index contributed by atoms with van der Waals surface area (Å²) in [6.45, 7) is 0. The van der Waals surface area contributed by atoms with Crippen LogP contribution in [0, 0.1) is 0 Å². The molecule has 0 aromatic heterocycles. The lowest BCUT2D eigenvalue weighted by atomic mass is 10.0. The van der Waals surface area contributed by atoms with E-state index < -0.39 is 29.7 Å². The van der Waals surface area contributed by atoms with Crippen LogP contribution in [0.4, 0.5) is 0 Å². The fraction of sp³-hybridized carbons (Fsp3) is 0.0667. The molecule has 4 aromatic rings. The molecule has 184 valence electrons. The molecule has 2 N–H and O–H groups in total. The van der Waals surface area contributed by atoms with Crippen LogP contribution >= 0.6 is 0 Å². The van der Waals surface area contributed by atoms with E-state index in [4.69, 9.17) is 4.74 Å². The molecule has 3 amide bonds. The summed E-state index contributed by atoms with van der Waals surface area (Å²) in [5, 5.41) is 5.09. The number of carbonyl (C=O) groups excluding carboxylic acids is 4. The number of carbonyl (C=O) groups is 4. The van der Waals surface area contributed by atoms with Gasteiger partial charge in [-0.05, 0) is 54.1 Å². The topological polar surface area (TPSA) is 102 Å². The largest absolute Gasteiger partial charge is 0.423 e. The summed E-state index contributed by atoms with van der Waals surface area (Å²) < 4.78 is 5.40. The van der Waals surface area contributed by atoms with Crippen molar-refractivity contribution in [3.8, 4) is 5.75 Å². The molecule has 7 heteroatoms. The maximum absolute atomic E-state index is 13.1. The molecule has 7 nitrogen and oxygen atoms in total. The minimum absolute atomic E-state index is 0.111. The number of hydrogen-bond donors (Lipinski definition) is 2. The zero-order valence-electron chi connectivity index (χ0n) is 19.8. The lowest BCUT2D eigenvalue weighted by molar-refractivity contribution is -0.122. The molecule has 0 saturated carbocycles. The number of rotatable bonds is 8. The number of hydrogen-bond acceptors (Lipinski definition) is 5. The third-order valence-electron chi connectivity index (χ3n) is 5.51. The van der Waals surface area contributed by atoms with Crippen LogP contribution in [0.5, 0.6) is 5.75 Å². The molecule has 0 heterocycles. The molecule has 0 aliphatic carbocycles. The molecule has 0 spiro atoms. The monoisotopic (exact) mass is 492 g/mol. The molecule has 37 heavy (non-hydrogen) atoms. The van der Waals surface area contributed by atoms with Gasteiger partial charge in [0.25, 0.3) is 11.8 Å². The zero-order chi connectivity index (χ0) is 26.0. The van der Waals surface area contributed by atoms with Gasteiger partial charge >= 0.3 is 5.97 Å². The number of benzene rings is 4. The normalized spacial score (nSPS) is 11.1. The van der Waals surface area contributed by atoms with Gasteiger partial charge in [0.15, 0.2) is 0 Å². The average molecular weight is 493 g/mol. The van der Waals surface area contributed by atoms with Gasteiger partial charge in [0.2, 0.25) is 5.91 Å². The predicted octanol–water partition coefficient (Wildman–Crippen LogP) is 4.20. The van der Waals surface area contributed by atoms with Crippen LogP contribution < -0.4 is 15.4 Å². The van der Waals surface area contributed by atoms with Gasteiger partial charge in [-0.15, -0.1) is 0 Å². The number of nitrogens with one attached hydrogen (secondary N) is 2. The van der Waals surface area contributed by atoms with E-state index in [0.29, 0.717) is 28.0 Å². The van der Waals surface area contributed by atoms with Crippen LogP contribution in [0.1, 0.15) is 36.6 Å². The molecule has 0 aliphatic rings. The van der Waals surface area contributed by atoms with Gasteiger partial charge in [-0.3, -0.25) is 19.7 Å². The first-order chi connectivity index (χ1) is 18.0. The molecule has 0 aliphatic heterocycles. The van der Waals surface area contributed by atoms with E-state index in [0.717, 1.165) is 0 Å². The second-order valence-electron chi connectivity index (χ2n) is 8.18. The van der Waals surface area contributed by atoms with Gasteiger partial charge in [-0.1, -0.05) is 66.7 Å². The summed E-state index contributed by atoms with van der Waals surface area (Å²) in [6, 6.07) is 31.0. The Morgan fingerprint density at radius 3 is 1.62 bits per heavy atom. The Morgan fingerprint density at radius 1 is 0.595 bits per heavy atom. The van der Waals surface area contributed by atoms with Crippen LogP contribution in [-0.4, -0.2) is 29.7 Å². The second kappa shape index (κ2) is 12.1. The summed E-state index contributed by atoms with van der Waals surface area (Å²) >= 11 is 0. The first-order valence-corrected chi connectivity index (χ1v) is 11.6. The van der Waals surface area contributed by atoms with Crippen molar-refractivity contribution in [3.05, 3.63) is 138 Å². The molecule has 4 rings (SSSR count). The van der Waals surface area contributed by atoms with E-state index in [1.165, 1.54) is 0 Å². The van der Waals surface area contributed by atoms with Crippen molar-refractivity contribution in [3.63, 3.8) is 0 Å². The van der Waals surface area contributed by atoms with Crippen molar-refractivity contribution in [2.24, 2.45) is 0 Å². The lowest BCUT2D eigenvalue weighted by Crippen LogP contribution is -2.49. The molecular weight excluding hydrogens is 468 g/mol. The Hall–Kier alpha value is -5.04. The first kappa shape index (κ1) is 25.1. The molecule has 0 fully saturated rings. The van der Waals surface area contributed by atoms with Gasteiger partial charge in [-0.25, -0.2) is 4.79 Å². The Morgan fingerprint density at radius 2 is 1.08 bits per heavy atom. The molecule has 0 bridgehead atoms. The predicted molar refractivity (Wildman–Crippen MR) is 138 cm³/mol. The van der Waals surface area contributed by atoms with Crippen molar-refractivity contribution in [2.45, 2.75) is 12.5 Å². The van der Waals surface area contributed by atoms with E-state index in [-0.39, 0.29) is 6.42 Å². The molecule has 1 unspecified atom stereocenters. The van der Waals surface area contributed by atoms with Gasteiger partial charge in [0, 0.05) is 17.5 Å². The Kier molecular flexibility index (Phi) is 8.18. The van der Waals surface area contributed by atoms with Crippen molar-refractivity contribution in [2.75, 3.05) is 0 Å². The molecule has 0 saturated heterocycles. The smallest absolute Gasteiger partial charge is 0.343 e. The van der Waals surface area contributed by atoms with Crippen molar-refractivity contribution < 1.29 is 23.9 Å². The molecular formula is C30H24N2O5. The third kappa shape index (κ3) is 6.99. The zero-order valence-corrected chi connectivity index (χ0v) is 19.8.